The van der Waals surface area contributed by atoms with Gasteiger partial charge in [-0.2, -0.15) is 4.31 Å². The quantitative estimate of drug-likeness (QED) is 0.691. The minimum atomic E-state index is -3.17. The van der Waals surface area contributed by atoms with Crippen LogP contribution in [0.3, 0.4) is 0 Å². The van der Waals surface area contributed by atoms with E-state index in [4.69, 9.17) is 0 Å². The van der Waals surface area contributed by atoms with Gasteiger partial charge in [-0.3, -0.25) is 9.59 Å². The SMILES string of the molecule is CS(=O)(=O)N1CCCCC1CCNC(=O)CCCN1CCCC1=O. The van der Waals surface area contributed by atoms with Crippen molar-refractivity contribution in [3.8, 4) is 0 Å². The van der Waals surface area contributed by atoms with E-state index in [1.54, 1.807) is 4.31 Å². The van der Waals surface area contributed by atoms with Crippen LogP contribution in [0.5, 0.6) is 0 Å². The zero-order chi connectivity index (χ0) is 17.6. The van der Waals surface area contributed by atoms with Crippen LogP contribution in [0.25, 0.3) is 0 Å². The molecule has 2 fully saturated rings. The van der Waals surface area contributed by atoms with Gasteiger partial charge in [-0.25, -0.2) is 8.42 Å². The van der Waals surface area contributed by atoms with Crippen molar-refractivity contribution in [1.29, 1.82) is 0 Å². The van der Waals surface area contributed by atoms with Gasteiger partial charge in [0.1, 0.15) is 0 Å². The Morgan fingerprint density at radius 3 is 2.71 bits per heavy atom. The highest BCUT2D eigenvalue weighted by molar-refractivity contribution is 7.88. The Morgan fingerprint density at radius 1 is 1.25 bits per heavy atom. The number of likely N-dealkylation sites (tertiary alicyclic amines) is 1. The Kier molecular flexibility index (Phi) is 7.03. The maximum atomic E-state index is 11.9. The molecule has 0 saturated carbocycles. The monoisotopic (exact) mass is 359 g/mol. The molecule has 8 heteroatoms. The van der Waals surface area contributed by atoms with Gasteiger partial charge in [0.15, 0.2) is 0 Å². The second-order valence-corrected chi connectivity index (χ2v) is 8.68. The van der Waals surface area contributed by atoms with Crippen LogP contribution >= 0.6 is 0 Å². The molecule has 2 rings (SSSR count). The van der Waals surface area contributed by atoms with E-state index in [1.807, 2.05) is 4.90 Å². The molecule has 1 atom stereocenters. The first-order valence-electron chi connectivity index (χ1n) is 8.89. The number of sulfonamides is 1. The molecule has 2 aliphatic rings. The molecular formula is C16H29N3O4S. The summed E-state index contributed by atoms with van der Waals surface area (Å²) < 4.78 is 25.2. The third-order valence-electron chi connectivity index (χ3n) is 4.80. The van der Waals surface area contributed by atoms with Crippen molar-refractivity contribution >= 4 is 21.8 Å². The zero-order valence-electron chi connectivity index (χ0n) is 14.5. The van der Waals surface area contributed by atoms with Gasteiger partial charge in [0.25, 0.3) is 0 Å². The van der Waals surface area contributed by atoms with Crippen LogP contribution in [0, 0.1) is 0 Å². The minimum absolute atomic E-state index is 0.00345. The number of rotatable bonds is 8. The van der Waals surface area contributed by atoms with Gasteiger partial charge in [0.2, 0.25) is 21.8 Å². The Morgan fingerprint density at radius 2 is 2.04 bits per heavy atom. The average molecular weight is 359 g/mol. The number of carbonyl (C=O) groups is 2. The molecule has 0 spiro atoms. The predicted octanol–water partition coefficient (Wildman–Crippen LogP) is 0.709. The molecule has 0 aromatic heterocycles. The smallest absolute Gasteiger partial charge is 0.222 e. The van der Waals surface area contributed by atoms with Gasteiger partial charge >= 0.3 is 0 Å². The van der Waals surface area contributed by atoms with Crippen molar-refractivity contribution in [2.75, 3.05) is 32.4 Å². The standard InChI is InChI=1S/C16H29N3O4S/c1-24(22,23)19-13-3-2-6-14(19)9-10-17-15(20)7-4-11-18-12-5-8-16(18)21/h14H,2-13H2,1H3,(H,17,20). The third kappa shape index (κ3) is 5.73. The second kappa shape index (κ2) is 8.80. The number of nitrogens with one attached hydrogen (secondary N) is 1. The first-order valence-corrected chi connectivity index (χ1v) is 10.7. The third-order valence-corrected chi connectivity index (χ3v) is 6.13. The molecule has 1 unspecified atom stereocenters. The summed E-state index contributed by atoms with van der Waals surface area (Å²) in [6.07, 6.45) is 7.35. The summed E-state index contributed by atoms with van der Waals surface area (Å²) in [5.41, 5.74) is 0. The maximum absolute atomic E-state index is 11.9. The van der Waals surface area contributed by atoms with Crippen molar-refractivity contribution in [3.63, 3.8) is 0 Å². The van der Waals surface area contributed by atoms with Crippen LogP contribution in [0.15, 0.2) is 0 Å². The van der Waals surface area contributed by atoms with Crippen molar-refractivity contribution in [3.05, 3.63) is 0 Å². The molecule has 7 nitrogen and oxygen atoms in total. The van der Waals surface area contributed by atoms with Crippen LogP contribution in [0.1, 0.15) is 51.4 Å². The summed E-state index contributed by atoms with van der Waals surface area (Å²) in [6.45, 7) is 2.54. The summed E-state index contributed by atoms with van der Waals surface area (Å²) in [4.78, 5) is 25.2. The lowest BCUT2D eigenvalue weighted by Crippen LogP contribution is -2.44. The van der Waals surface area contributed by atoms with Crippen molar-refractivity contribution in [2.24, 2.45) is 0 Å². The molecule has 0 aromatic carbocycles. The van der Waals surface area contributed by atoms with Crippen LogP contribution in [0.4, 0.5) is 0 Å². The van der Waals surface area contributed by atoms with Gasteiger partial charge in [-0.1, -0.05) is 6.42 Å². The lowest BCUT2D eigenvalue weighted by Gasteiger charge is -2.33. The van der Waals surface area contributed by atoms with Gasteiger partial charge in [-0.15, -0.1) is 0 Å². The van der Waals surface area contributed by atoms with Crippen LogP contribution in [-0.2, 0) is 19.6 Å². The number of hydrogen-bond acceptors (Lipinski definition) is 4. The molecule has 24 heavy (non-hydrogen) atoms. The number of amides is 2. The van der Waals surface area contributed by atoms with Gasteiger partial charge in [0.05, 0.1) is 6.26 Å². The first-order chi connectivity index (χ1) is 11.4. The number of hydrogen-bond donors (Lipinski definition) is 1. The number of piperidine rings is 1. The van der Waals surface area contributed by atoms with Crippen molar-refractivity contribution < 1.29 is 18.0 Å². The second-order valence-electron chi connectivity index (χ2n) is 6.75. The van der Waals surface area contributed by atoms with E-state index in [0.717, 1.165) is 32.2 Å². The van der Waals surface area contributed by atoms with Crippen LogP contribution < -0.4 is 5.32 Å². The normalized spacial score (nSPS) is 22.8. The fraction of sp³-hybridized carbons (Fsp3) is 0.875. The highest BCUT2D eigenvalue weighted by atomic mass is 32.2. The van der Waals surface area contributed by atoms with Crippen LogP contribution in [-0.4, -0.2) is 67.9 Å². The summed E-state index contributed by atoms with van der Waals surface area (Å²) in [5, 5.41) is 2.87. The zero-order valence-corrected chi connectivity index (χ0v) is 15.3. The van der Waals surface area contributed by atoms with Gasteiger partial charge in [-0.05, 0) is 32.1 Å². The molecular weight excluding hydrogens is 330 g/mol. The molecule has 2 saturated heterocycles. The summed E-state index contributed by atoms with van der Waals surface area (Å²) in [6, 6.07) is -0.00345. The van der Waals surface area contributed by atoms with Gasteiger partial charge < -0.3 is 10.2 Å². The fourth-order valence-electron chi connectivity index (χ4n) is 3.54. The molecule has 2 aliphatic heterocycles. The molecule has 0 aliphatic carbocycles. The Bertz CT molecular complexity index is 550. The lowest BCUT2D eigenvalue weighted by atomic mass is 10.0. The average Bonchev–Trinajstić information content (AvgIpc) is 2.92. The molecule has 0 aromatic rings. The molecule has 0 radical (unpaired) electrons. The number of carbonyl (C=O) groups excluding carboxylic acids is 2. The molecule has 138 valence electrons. The van der Waals surface area contributed by atoms with Crippen molar-refractivity contribution in [2.45, 2.75) is 57.4 Å². The Hall–Kier alpha value is -1.15. The Labute approximate surface area is 144 Å². The van der Waals surface area contributed by atoms with Crippen LogP contribution in [0.2, 0.25) is 0 Å². The summed E-state index contributed by atoms with van der Waals surface area (Å²) in [5.74, 6) is 0.164. The van der Waals surface area contributed by atoms with E-state index in [9.17, 15) is 18.0 Å². The molecule has 2 amide bonds. The van der Waals surface area contributed by atoms with E-state index in [0.29, 0.717) is 45.3 Å². The maximum Gasteiger partial charge on any atom is 0.222 e. The fourth-order valence-corrected chi connectivity index (χ4v) is 4.75. The molecule has 0 bridgehead atoms. The van der Waals surface area contributed by atoms with Gasteiger partial charge in [0, 0.05) is 45.1 Å². The number of nitrogens with zero attached hydrogens (tertiary/aromatic N) is 2. The van der Waals surface area contributed by atoms with E-state index in [-0.39, 0.29) is 17.9 Å². The van der Waals surface area contributed by atoms with E-state index in [2.05, 4.69) is 5.32 Å². The van der Waals surface area contributed by atoms with Crippen molar-refractivity contribution in [1.82, 2.24) is 14.5 Å². The first kappa shape index (κ1) is 19.2. The lowest BCUT2D eigenvalue weighted by molar-refractivity contribution is -0.128. The summed E-state index contributed by atoms with van der Waals surface area (Å²) >= 11 is 0. The predicted molar refractivity (Wildman–Crippen MR) is 91.9 cm³/mol. The van der Waals surface area contributed by atoms with E-state index < -0.39 is 10.0 Å². The van der Waals surface area contributed by atoms with E-state index in [1.165, 1.54) is 6.26 Å². The molecule has 2 heterocycles. The largest absolute Gasteiger partial charge is 0.356 e. The van der Waals surface area contributed by atoms with E-state index >= 15 is 0 Å². The Balaban J connectivity index is 1.63. The minimum Gasteiger partial charge on any atom is -0.356 e. The summed E-state index contributed by atoms with van der Waals surface area (Å²) in [7, 11) is -3.17. The highest BCUT2D eigenvalue weighted by Gasteiger charge is 2.28. The molecule has 1 N–H and O–H groups in total. The highest BCUT2D eigenvalue weighted by Crippen LogP contribution is 2.21. The topological polar surface area (TPSA) is 86.8 Å².